The Morgan fingerprint density at radius 1 is 1.29 bits per heavy atom. The molecule has 5 heteroatoms. The first kappa shape index (κ1) is 11.6. The fourth-order valence-electron chi connectivity index (χ4n) is 1.30. The van der Waals surface area contributed by atoms with Gasteiger partial charge in [0.2, 0.25) is 0 Å². The molecule has 0 aliphatic heterocycles. The minimum Gasteiger partial charge on any atom is -0.478 e. The number of benzene rings is 1. The van der Waals surface area contributed by atoms with Crippen molar-refractivity contribution >= 4 is 17.7 Å². The van der Waals surface area contributed by atoms with Crippen LogP contribution in [-0.4, -0.2) is 21.0 Å². The topological polar surface area (TPSA) is 63.1 Å². The second kappa shape index (κ2) is 4.97. The fourth-order valence-corrected chi connectivity index (χ4v) is 2.09. The molecular formula is C12H10N2O2S. The molecule has 2 aromatic rings. The number of carboxylic acid groups (broad SMARTS) is 1. The molecule has 0 bridgehead atoms. The number of hydrogen-bond donors (Lipinski definition) is 1. The predicted octanol–water partition coefficient (Wildman–Crippen LogP) is 2.63. The van der Waals surface area contributed by atoms with E-state index in [1.807, 2.05) is 30.3 Å². The highest BCUT2D eigenvalue weighted by atomic mass is 32.2. The van der Waals surface area contributed by atoms with Crippen LogP contribution in [0.15, 0.2) is 46.6 Å². The number of rotatable bonds is 3. The molecule has 0 saturated heterocycles. The Hall–Kier alpha value is -1.88. The molecule has 2 rings (SSSR count). The van der Waals surface area contributed by atoms with E-state index in [2.05, 4.69) is 9.97 Å². The van der Waals surface area contributed by atoms with Crippen LogP contribution in [0, 0.1) is 6.92 Å². The summed E-state index contributed by atoms with van der Waals surface area (Å²) >= 11 is 1.41. The monoisotopic (exact) mass is 246 g/mol. The summed E-state index contributed by atoms with van der Waals surface area (Å²) in [6, 6.07) is 9.70. The van der Waals surface area contributed by atoms with Gasteiger partial charge in [-0.05, 0) is 30.8 Å². The van der Waals surface area contributed by atoms with E-state index in [0.29, 0.717) is 10.9 Å². The third-order valence-corrected chi connectivity index (χ3v) is 3.03. The van der Waals surface area contributed by atoms with Gasteiger partial charge in [0.1, 0.15) is 0 Å². The zero-order valence-corrected chi connectivity index (χ0v) is 9.94. The largest absolute Gasteiger partial charge is 0.478 e. The van der Waals surface area contributed by atoms with Gasteiger partial charge in [-0.3, -0.25) is 0 Å². The summed E-state index contributed by atoms with van der Waals surface area (Å²) in [6.45, 7) is 1.67. The normalized spacial score (nSPS) is 10.2. The van der Waals surface area contributed by atoms with Gasteiger partial charge in [-0.1, -0.05) is 18.2 Å². The molecule has 0 spiro atoms. The standard InChI is InChI=1S/C12H10N2O2S/c1-8-10(11(15)16)7-13-12(14-8)17-9-5-3-2-4-6-9/h2-7H,1H3,(H,15,16). The van der Waals surface area contributed by atoms with E-state index < -0.39 is 5.97 Å². The zero-order chi connectivity index (χ0) is 12.3. The molecule has 1 aromatic heterocycles. The van der Waals surface area contributed by atoms with Crippen molar-refractivity contribution in [3.05, 3.63) is 47.8 Å². The van der Waals surface area contributed by atoms with Crippen molar-refractivity contribution in [2.75, 3.05) is 0 Å². The van der Waals surface area contributed by atoms with Gasteiger partial charge in [-0.15, -0.1) is 0 Å². The lowest BCUT2D eigenvalue weighted by Gasteiger charge is -2.03. The van der Waals surface area contributed by atoms with Crippen molar-refractivity contribution in [1.82, 2.24) is 9.97 Å². The van der Waals surface area contributed by atoms with E-state index in [-0.39, 0.29) is 5.56 Å². The third-order valence-electron chi connectivity index (χ3n) is 2.14. The molecule has 0 atom stereocenters. The molecule has 1 heterocycles. The summed E-state index contributed by atoms with van der Waals surface area (Å²) in [5, 5.41) is 9.41. The molecule has 86 valence electrons. The Balaban J connectivity index is 2.24. The van der Waals surface area contributed by atoms with E-state index >= 15 is 0 Å². The van der Waals surface area contributed by atoms with Crippen LogP contribution in [0.3, 0.4) is 0 Å². The zero-order valence-electron chi connectivity index (χ0n) is 9.12. The molecule has 0 saturated carbocycles. The maximum Gasteiger partial charge on any atom is 0.339 e. The first-order valence-electron chi connectivity index (χ1n) is 4.96. The highest BCUT2D eigenvalue weighted by molar-refractivity contribution is 7.99. The molecule has 0 unspecified atom stereocenters. The molecule has 1 aromatic carbocycles. The van der Waals surface area contributed by atoms with Crippen molar-refractivity contribution in [2.45, 2.75) is 17.0 Å². The highest BCUT2D eigenvalue weighted by Crippen LogP contribution is 2.24. The van der Waals surface area contributed by atoms with Gasteiger partial charge < -0.3 is 5.11 Å². The Bertz CT molecular complexity index is 543. The Morgan fingerprint density at radius 3 is 2.59 bits per heavy atom. The molecule has 0 aliphatic rings. The lowest BCUT2D eigenvalue weighted by atomic mass is 10.2. The molecule has 0 fully saturated rings. The summed E-state index contributed by atoms with van der Waals surface area (Å²) in [5.74, 6) is -1.00. The van der Waals surface area contributed by atoms with Crippen LogP contribution in [-0.2, 0) is 0 Å². The molecule has 17 heavy (non-hydrogen) atoms. The van der Waals surface area contributed by atoms with Crippen LogP contribution in [0.2, 0.25) is 0 Å². The molecule has 0 aliphatic carbocycles. The van der Waals surface area contributed by atoms with E-state index in [1.54, 1.807) is 6.92 Å². The maximum absolute atomic E-state index is 10.8. The van der Waals surface area contributed by atoms with Gasteiger partial charge in [-0.2, -0.15) is 0 Å². The number of aromatic nitrogens is 2. The van der Waals surface area contributed by atoms with Gasteiger partial charge in [0.15, 0.2) is 5.16 Å². The SMILES string of the molecule is Cc1nc(Sc2ccccc2)ncc1C(=O)O. The van der Waals surface area contributed by atoms with Crippen molar-refractivity contribution in [2.24, 2.45) is 0 Å². The Kier molecular flexibility index (Phi) is 3.39. The molecule has 4 nitrogen and oxygen atoms in total. The summed E-state index contributed by atoms with van der Waals surface area (Å²) in [6.07, 6.45) is 1.34. The van der Waals surface area contributed by atoms with Crippen LogP contribution in [0.5, 0.6) is 0 Å². The fraction of sp³-hybridized carbons (Fsp3) is 0.0833. The van der Waals surface area contributed by atoms with E-state index in [9.17, 15) is 4.79 Å². The smallest absolute Gasteiger partial charge is 0.339 e. The molecule has 1 N–H and O–H groups in total. The summed E-state index contributed by atoms with van der Waals surface area (Å²) in [7, 11) is 0. The van der Waals surface area contributed by atoms with Crippen molar-refractivity contribution in [3.8, 4) is 0 Å². The molecule has 0 radical (unpaired) electrons. The number of hydrogen-bond acceptors (Lipinski definition) is 4. The summed E-state index contributed by atoms with van der Waals surface area (Å²) < 4.78 is 0. The lowest BCUT2D eigenvalue weighted by Crippen LogP contribution is -2.03. The van der Waals surface area contributed by atoms with Crippen molar-refractivity contribution in [1.29, 1.82) is 0 Å². The van der Waals surface area contributed by atoms with Gasteiger partial charge in [0, 0.05) is 11.1 Å². The van der Waals surface area contributed by atoms with Gasteiger partial charge in [0.05, 0.1) is 11.3 Å². The van der Waals surface area contributed by atoms with Crippen LogP contribution in [0.25, 0.3) is 0 Å². The first-order valence-corrected chi connectivity index (χ1v) is 5.78. The minimum absolute atomic E-state index is 0.141. The highest BCUT2D eigenvalue weighted by Gasteiger charge is 2.10. The van der Waals surface area contributed by atoms with E-state index in [4.69, 9.17) is 5.11 Å². The predicted molar refractivity (Wildman–Crippen MR) is 64.3 cm³/mol. The van der Waals surface area contributed by atoms with Crippen LogP contribution < -0.4 is 0 Å². The second-order valence-electron chi connectivity index (χ2n) is 3.37. The first-order chi connectivity index (χ1) is 8.16. The maximum atomic E-state index is 10.8. The molecular weight excluding hydrogens is 236 g/mol. The summed E-state index contributed by atoms with van der Waals surface area (Å²) in [4.78, 5) is 20.0. The number of aryl methyl sites for hydroxylation is 1. The van der Waals surface area contributed by atoms with Gasteiger partial charge in [-0.25, -0.2) is 14.8 Å². The summed E-state index contributed by atoms with van der Waals surface area (Å²) in [5.41, 5.74) is 0.619. The number of carboxylic acids is 1. The Morgan fingerprint density at radius 2 is 2.00 bits per heavy atom. The van der Waals surface area contributed by atoms with E-state index in [0.717, 1.165) is 4.90 Å². The number of aromatic carboxylic acids is 1. The minimum atomic E-state index is -1.00. The molecule has 0 amide bonds. The Labute approximate surface area is 103 Å². The van der Waals surface area contributed by atoms with Crippen molar-refractivity contribution in [3.63, 3.8) is 0 Å². The number of carbonyl (C=O) groups is 1. The quantitative estimate of drug-likeness (QED) is 0.843. The van der Waals surface area contributed by atoms with E-state index in [1.165, 1.54) is 18.0 Å². The third kappa shape index (κ3) is 2.82. The van der Waals surface area contributed by atoms with Crippen molar-refractivity contribution < 1.29 is 9.90 Å². The number of nitrogens with zero attached hydrogens (tertiary/aromatic N) is 2. The second-order valence-corrected chi connectivity index (χ2v) is 4.41. The average molecular weight is 246 g/mol. The van der Waals surface area contributed by atoms with Crippen LogP contribution >= 0.6 is 11.8 Å². The average Bonchev–Trinajstić information content (AvgIpc) is 2.30. The van der Waals surface area contributed by atoms with Gasteiger partial charge in [0.25, 0.3) is 0 Å². The van der Waals surface area contributed by atoms with Crippen LogP contribution in [0.4, 0.5) is 0 Å². The van der Waals surface area contributed by atoms with Crippen LogP contribution in [0.1, 0.15) is 16.1 Å². The van der Waals surface area contributed by atoms with Gasteiger partial charge >= 0.3 is 5.97 Å². The lowest BCUT2D eigenvalue weighted by molar-refractivity contribution is 0.0695.